The van der Waals surface area contributed by atoms with Crippen molar-refractivity contribution in [2.75, 3.05) is 19.6 Å². The minimum atomic E-state index is 0.0841. The Kier molecular flexibility index (Phi) is 5.70. The molecular weight excluding hydrogens is 376 g/mol. The van der Waals surface area contributed by atoms with E-state index in [1.807, 2.05) is 11.8 Å². The molecule has 2 aliphatic heterocycles. The van der Waals surface area contributed by atoms with Gasteiger partial charge in [0, 0.05) is 25.7 Å². The van der Waals surface area contributed by atoms with Crippen molar-refractivity contribution in [3.63, 3.8) is 0 Å². The SMILES string of the molecule is Cc1ncsc1C(=O)N1CCCC[C@@H]1C1CCN(C(=O)Cn2cncn2)CC1. The average Bonchev–Trinajstić information content (AvgIpc) is 3.39. The monoisotopic (exact) mass is 402 g/mol. The summed E-state index contributed by atoms with van der Waals surface area (Å²) in [6.45, 7) is 4.46. The van der Waals surface area contributed by atoms with Crippen LogP contribution in [-0.2, 0) is 11.3 Å². The van der Waals surface area contributed by atoms with E-state index < -0.39 is 0 Å². The van der Waals surface area contributed by atoms with Crippen LogP contribution in [0.4, 0.5) is 0 Å². The standard InChI is InChI=1S/C19H26N6O2S/c1-14-18(28-13-21-14)19(27)25-7-3-2-4-16(25)15-5-8-23(9-6-15)17(26)10-24-12-20-11-22-24/h11-13,15-16H,2-10H2,1H3/t16-/m1/s1. The van der Waals surface area contributed by atoms with Gasteiger partial charge in [0.15, 0.2) is 0 Å². The highest BCUT2D eigenvalue weighted by molar-refractivity contribution is 7.11. The van der Waals surface area contributed by atoms with E-state index in [2.05, 4.69) is 20.0 Å². The molecule has 0 bridgehead atoms. The fourth-order valence-electron chi connectivity index (χ4n) is 4.42. The molecule has 28 heavy (non-hydrogen) atoms. The van der Waals surface area contributed by atoms with Crippen LogP contribution in [-0.4, -0.2) is 67.0 Å². The molecular formula is C19H26N6O2S. The number of aromatic nitrogens is 4. The molecule has 0 aliphatic carbocycles. The van der Waals surface area contributed by atoms with Gasteiger partial charge in [0.05, 0.1) is 11.2 Å². The number of nitrogens with zero attached hydrogens (tertiary/aromatic N) is 6. The number of carbonyl (C=O) groups is 2. The molecule has 4 heterocycles. The van der Waals surface area contributed by atoms with E-state index in [1.165, 1.54) is 24.1 Å². The molecule has 0 saturated carbocycles. The summed E-state index contributed by atoms with van der Waals surface area (Å²) in [5, 5.41) is 4.01. The predicted molar refractivity (Wildman–Crippen MR) is 105 cm³/mol. The molecule has 4 rings (SSSR count). The summed E-state index contributed by atoms with van der Waals surface area (Å²) in [7, 11) is 0. The molecule has 0 N–H and O–H groups in total. The van der Waals surface area contributed by atoms with Gasteiger partial charge in [-0.2, -0.15) is 5.10 Å². The summed E-state index contributed by atoms with van der Waals surface area (Å²) in [5.41, 5.74) is 2.58. The molecule has 9 heteroatoms. The summed E-state index contributed by atoms with van der Waals surface area (Å²) in [4.78, 5) is 38.5. The lowest BCUT2D eigenvalue weighted by molar-refractivity contribution is -0.133. The third-order valence-corrected chi connectivity index (χ3v) is 6.87. The van der Waals surface area contributed by atoms with Gasteiger partial charge in [0.1, 0.15) is 24.1 Å². The quantitative estimate of drug-likeness (QED) is 0.781. The smallest absolute Gasteiger partial charge is 0.266 e. The Morgan fingerprint density at radius 3 is 2.68 bits per heavy atom. The van der Waals surface area contributed by atoms with Crippen LogP contribution in [0.3, 0.4) is 0 Å². The Morgan fingerprint density at radius 2 is 2.00 bits per heavy atom. The highest BCUT2D eigenvalue weighted by atomic mass is 32.1. The average molecular weight is 403 g/mol. The first-order valence-electron chi connectivity index (χ1n) is 9.94. The number of aryl methyl sites for hydroxylation is 1. The summed E-state index contributed by atoms with van der Waals surface area (Å²) in [5.74, 6) is 0.670. The van der Waals surface area contributed by atoms with Gasteiger partial charge < -0.3 is 9.80 Å². The Hall–Kier alpha value is -2.29. The second-order valence-corrected chi connectivity index (χ2v) is 8.49. The molecule has 0 unspecified atom stereocenters. The van der Waals surface area contributed by atoms with Crippen LogP contribution in [0.15, 0.2) is 18.2 Å². The maximum absolute atomic E-state index is 13.1. The van der Waals surface area contributed by atoms with Crippen molar-refractivity contribution in [1.82, 2.24) is 29.5 Å². The molecule has 0 radical (unpaired) electrons. The van der Waals surface area contributed by atoms with Gasteiger partial charge in [-0.1, -0.05) is 0 Å². The highest BCUT2D eigenvalue weighted by Crippen LogP contribution is 2.32. The van der Waals surface area contributed by atoms with Crippen LogP contribution >= 0.6 is 11.3 Å². The number of rotatable bonds is 4. The van der Waals surface area contributed by atoms with Crippen molar-refractivity contribution in [2.24, 2.45) is 5.92 Å². The van der Waals surface area contributed by atoms with Gasteiger partial charge in [-0.05, 0) is 44.9 Å². The van der Waals surface area contributed by atoms with E-state index >= 15 is 0 Å². The summed E-state index contributed by atoms with van der Waals surface area (Å²) >= 11 is 1.44. The van der Waals surface area contributed by atoms with Gasteiger partial charge in [0.25, 0.3) is 5.91 Å². The number of hydrogen-bond acceptors (Lipinski definition) is 6. The van der Waals surface area contributed by atoms with Crippen LogP contribution in [0.1, 0.15) is 47.5 Å². The fraction of sp³-hybridized carbons (Fsp3) is 0.632. The van der Waals surface area contributed by atoms with Crippen molar-refractivity contribution < 1.29 is 9.59 Å². The first kappa shape index (κ1) is 19.0. The number of amides is 2. The maximum Gasteiger partial charge on any atom is 0.266 e. The fourth-order valence-corrected chi connectivity index (χ4v) is 5.18. The molecule has 0 aromatic carbocycles. The number of hydrogen-bond donors (Lipinski definition) is 0. The number of likely N-dealkylation sites (tertiary alicyclic amines) is 2. The minimum absolute atomic E-state index is 0.0841. The molecule has 2 amide bonds. The van der Waals surface area contributed by atoms with Crippen molar-refractivity contribution in [2.45, 2.75) is 51.6 Å². The number of piperidine rings is 2. The predicted octanol–water partition coefficient (Wildman–Crippen LogP) is 1.98. The molecule has 2 aromatic rings. The van der Waals surface area contributed by atoms with E-state index in [0.29, 0.717) is 5.92 Å². The molecule has 0 spiro atoms. The second-order valence-electron chi connectivity index (χ2n) is 7.64. The van der Waals surface area contributed by atoms with Crippen molar-refractivity contribution >= 4 is 23.2 Å². The van der Waals surface area contributed by atoms with Gasteiger partial charge in [0.2, 0.25) is 5.91 Å². The van der Waals surface area contributed by atoms with E-state index in [4.69, 9.17) is 0 Å². The Bertz CT molecular complexity index is 812. The number of carbonyl (C=O) groups excluding carboxylic acids is 2. The highest BCUT2D eigenvalue weighted by Gasteiger charge is 2.36. The third-order valence-electron chi connectivity index (χ3n) is 5.95. The zero-order chi connectivity index (χ0) is 19.5. The largest absolute Gasteiger partial charge is 0.341 e. The Balaban J connectivity index is 1.37. The van der Waals surface area contributed by atoms with Gasteiger partial charge in [-0.15, -0.1) is 11.3 Å². The first-order valence-corrected chi connectivity index (χ1v) is 10.8. The normalized spacial score (nSPS) is 21.1. The van der Waals surface area contributed by atoms with E-state index in [0.717, 1.165) is 55.9 Å². The molecule has 1 atom stereocenters. The van der Waals surface area contributed by atoms with Crippen molar-refractivity contribution in [3.05, 3.63) is 28.7 Å². The first-order chi connectivity index (χ1) is 13.6. The van der Waals surface area contributed by atoms with E-state index in [1.54, 1.807) is 16.5 Å². The summed E-state index contributed by atoms with van der Waals surface area (Å²) in [6.07, 6.45) is 8.19. The van der Waals surface area contributed by atoms with Gasteiger partial charge in [-0.25, -0.2) is 14.6 Å². The number of thiazole rings is 1. The van der Waals surface area contributed by atoms with Crippen LogP contribution in [0.25, 0.3) is 0 Å². The molecule has 2 aliphatic rings. The van der Waals surface area contributed by atoms with E-state index in [-0.39, 0.29) is 24.4 Å². The Morgan fingerprint density at radius 1 is 1.18 bits per heavy atom. The summed E-state index contributed by atoms with van der Waals surface area (Å²) < 4.78 is 1.56. The topological polar surface area (TPSA) is 84.2 Å². The van der Waals surface area contributed by atoms with Crippen molar-refractivity contribution in [1.29, 1.82) is 0 Å². The molecule has 2 saturated heterocycles. The zero-order valence-electron chi connectivity index (χ0n) is 16.2. The van der Waals surface area contributed by atoms with Crippen LogP contribution in [0.2, 0.25) is 0 Å². The molecule has 2 aromatic heterocycles. The van der Waals surface area contributed by atoms with Crippen LogP contribution < -0.4 is 0 Å². The lowest BCUT2D eigenvalue weighted by atomic mass is 9.83. The van der Waals surface area contributed by atoms with Gasteiger partial charge >= 0.3 is 0 Å². The molecule has 2 fully saturated rings. The van der Waals surface area contributed by atoms with Crippen LogP contribution in [0, 0.1) is 12.8 Å². The van der Waals surface area contributed by atoms with Gasteiger partial charge in [-0.3, -0.25) is 9.59 Å². The zero-order valence-corrected chi connectivity index (χ0v) is 17.0. The lowest BCUT2D eigenvalue weighted by Crippen LogP contribution is -2.51. The maximum atomic E-state index is 13.1. The third kappa shape index (κ3) is 3.94. The Labute approximate surface area is 168 Å². The van der Waals surface area contributed by atoms with E-state index in [9.17, 15) is 9.59 Å². The van der Waals surface area contributed by atoms with Crippen LogP contribution in [0.5, 0.6) is 0 Å². The van der Waals surface area contributed by atoms with Crippen molar-refractivity contribution in [3.8, 4) is 0 Å². The minimum Gasteiger partial charge on any atom is -0.341 e. The summed E-state index contributed by atoms with van der Waals surface area (Å²) in [6, 6.07) is 0.273. The molecule has 150 valence electrons. The lowest BCUT2D eigenvalue weighted by Gasteiger charge is -2.43. The second kappa shape index (κ2) is 8.38. The molecule has 8 nitrogen and oxygen atoms in total.